The van der Waals surface area contributed by atoms with Crippen LogP contribution in [0.4, 0.5) is 0 Å². The summed E-state index contributed by atoms with van der Waals surface area (Å²) in [6, 6.07) is 13.2. The van der Waals surface area contributed by atoms with E-state index in [1.807, 2.05) is 37.3 Å². The van der Waals surface area contributed by atoms with Crippen molar-refractivity contribution in [2.45, 2.75) is 33.1 Å². The summed E-state index contributed by atoms with van der Waals surface area (Å²) in [5.41, 5.74) is 4.52. The van der Waals surface area contributed by atoms with Crippen LogP contribution >= 0.6 is 0 Å². The maximum absolute atomic E-state index is 11.9. The monoisotopic (exact) mass is 384 g/mol. The van der Waals surface area contributed by atoms with Crippen LogP contribution in [0.3, 0.4) is 0 Å². The highest BCUT2D eigenvalue weighted by atomic mass is 16.5. The van der Waals surface area contributed by atoms with Gasteiger partial charge in [-0.15, -0.1) is 0 Å². The Morgan fingerprint density at radius 2 is 1.79 bits per heavy atom. The summed E-state index contributed by atoms with van der Waals surface area (Å²) >= 11 is 0. The third kappa shape index (κ3) is 6.30. The standard InChI is InChI=1S/C22H28N2O4/c1-6-27-20-13-16(7-12-19(20)26-5)14-23-24-21(25)15-28-18-10-8-17(9-11-18)22(2,3)4/h7-14H,6,15H2,1-5H3,(H,24,25)/b23-14-. The normalized spacial score (nSPS) is 11.3. The average molecular weight is 384 g/mol. The van der Waals surface area contributed by atoms with E-state index in [0.717, 1.165) is 5.56 Å². The summed E-state index contributed by atoms with van der Waals surface area (Å²) in [4.78, 5) is 11.9. The van der Waals surface area contributed by atoms with E-state index in [4.69, 9.17) is 14.2 Å². The third-order valence-corrected chi connectivity index (χ3v) is 3.98. The zero-order valence-electron chi connectivity index (χ0n) is 17.1. The molecule has 0 radical (unpaired) electrons. The van der Waals surface area contributed by atoms with E-state index in [-0.39, 0.29) is 17.9 Å². The number of benzene rings is 2. The van der Waals surface area contributed by atoms with Gasteiger partial charge in [-0.05, 0) is 53.8 Å². The molecule has 2 aromatic rings. The van der Waals surface area contributed by atoms with E-state index in [1.165, 1.54) is 11.8 Å². The molecule has 1 amide bonds. The van der Waals surface area contributed by atoms with Crippen LogP contribution in [0.5, 0.6) is 17.2 Å². The molecule has 2 aromatic carbocycles. The highest BCUT2D eigenvalue weighted by molar-refractivity contribution is 5.83. The van der Waals surface area contributed by atoms with Gasteiger partial charge in [-0.1, -0.05) is 32.9 Å². The van der Waals surface area contributed by atoms with Crippen molar-refractivity contribution in [1.29, 1.82) is 0 Å². The van der Waals surface area contributed by atoms with Crippen molar-refractivity contribution in [3.63, 3.8) is 0 Å². The van der Waals surface area contributed by atoms with E-state index >= 15 is 0 Å². The van der Waals surface area contributed by atoms with E-state index in [1.54, 1.807) is 19.2 Å². The molecular formula is C22H28N2O4. The van der Waals surface area contributed by atoms with Crippen LogP contribution in [0.15, 0.2) is 47.6 Å². The zero-order valence-corrected chi connectivity index (χ0v) is 17.1. The van der Waals surface area contributed by atoms with Crippen molar-refractivity contribution in [3.05, 3.63) is 53.6 Å². The van der Waals surface area contributed by atoms with Crippen molar-refractivity contribution in [3.8, 4) is 17.2 Å². The number of ether oxygens (including phenoxy) is 3. The molecule has 0 aliphatic rings. The number of rotatable bonds is 8. The topological polar surface area (TPSA) is 69.2 Å². The first-order chi connectivity index (χ1) is 13.3. The quantitative estimate of drug-likeness (QED) is 0.553. The fourth-order valence-corrected chi connectivity index (χ4v) is 2.45. The smallest absolute Gasteiger partial charge is 0.277 e. The van der Waals surface area contributed by atoms with Crippen LogP contribution < -0.4 is 19.6 Å². The number of carbonyl (C=O) groups is 1. The summed E-state index contributed by atoms with van der Waals surface area (Å²) in [6.07, 6.45) is 1.54. The van der Waals surface area contributed by atoms with Crippen molar-refractivity contribution < 1.29 is 19.0 Å². The largest absolute Gasteiger partial charge is 0.493 e. The highest BCUT2D eigenvalue weighted by Gasteiger charge is 2.13. The van der Waals surface area contributed by atoms with Crippen molar-refractivity contribution in [1.82, 2.24) is 5.43 Å². The summed E-state index contributed by atoms with van der Waals surface area (Å²) < 4.78 is 16.3. The Hall–Kier alpha value is -3.02. The van der Waals surface area contributed by atoms with Gasteiger partial charge in [0.25, 0.3) is 5.91 Å². The van der Waals surface area contributed by atoms with Gasteiger partial charge in [0.2, 0.25) is 0 Å². The molecule has 0 unspecified atom stereocenters. The van der Waals surface area contributed by atoms with Gasteiger partial charge in [0.05, 0.1) is 19.9 Å². The van der Waals surface area contributed by atoms with Crippen molar-refractivity contribution in [2.24, 2.45) is 5.10 Å². The number of hydrogen-bond donors (Lipinski definition) is 1. The van der Waals surface area contributed by atoms with Crippen LogP contribution in [0, 0.1) is 0 Å². The lowest BCUT2D eigenvalue weighted by molar-refractivity contribution is -0.123. The van der Waals surface area contributed by atoms with Gasteiger partial charge in [-0.25, -0.2) is 5.43 Å². The Bertz CT molecular complexity index is 808. The van der Waals surface area contributed by atoms with Gasteiger partial charge in [0.15, 0.2) is 18.1 Å². The van der Waals surface area contributed by atoms with Gasteiger partial charge in [0.1, 0.15) is 5.75 Å². The minimum atomic E-state index is -0.338. The first-order valence-corrected chi connectivity index (χ1v) is 9.19. The number of amides is 1. The summed E-state index contributed by atoms with van der Waals surface area (Å²) in [5.74, 6) is 1.58. The lowest BCUT2D eigenvalue weighted by Crippen LogP contribution is -2.24. The molecule has 0 spiro atoms. The fraction of sp³-hybridized carbons (Fsp3) is 0.364. The maximum Gasteiger partial charge on any atom is 0.277 e. The average Bonchev–Trinajstić information content (AvgIpc) is 2.66. The Kier molecular flexibility index (Phi) is 7.44. The second-order valence-electron chi connectivity index (χ2n) is 7.20. The predicted octanol–water partition coefficient (Wildman–Crippen LogP) is 3.92. The molecule has 0 aromatic heterocycles. The molecule has 6 heteroatoms. The molecule has 0 fully saturated rings. The fourth-order valence-electron chi connectivity index (χ4n) is 2.45. The molecule has 0 atom stereocenters. The van der Waals surface area contributed by atoms with E-state index in [9.17, 15) is 4.79 Å². The summed E-state index contributed by atoms with van der Waals surface area (Å²) in [6.45, 7) is 8.76. The first-order valence-electron chi connectivity index (χ1n) is 9.19. The third-order valence-electron chi connectivity index (χ3n) is 3.98. The Morgan fingerprint density at radius 1 is 1.07 bits per heavy atom. The summed E-state index contributed by atoms with van der Waals surface area (Å²) in [7, 11) is 1.59. The van der Waals surface area contributed by atoms with E-state index < -0.39 is 0 Å². The first kappa shape index (κ1) is 21.3. The highest BCUT2D eigenvalue weighted by Crippen LogP contribution is 2.27. The van der Waals surface area contributed by atoms with Crippen LogP contribution in [0.1, 0.15) is 38.8 Å². The molecule has 0 saturated heterocycles. The lowest BCUT2D eigenvalue weighted by Gasteiger charge is -2.19. The molecule has 150 valence electrons. The van der Waals surface area contributed by atoms with Crippen LogP contribution in [0.2, 0.25) is 0 Å². The van der Waals surface area contributed by atoms with Crippen molar-refractivity contribution in [2.75, 3.05) is 20.3 Å². The van der Waals surface area contributed by atoms with Gasteiger partial charge in [0, 0.05) is 0 Å². The Balaban J connectivity index is 1.86. The van der Waals surface area contributed by atoms with Crippen molar-refractivity contribution >= 4 is 12.1 Å². The van der Waals surface area contributed by atoms with Crippen LogP contribution in [0.25, 0.3) is 0 Å². The van der Waals surface area contributed by atoms with E-state index in [0.29, 0.717) is 23.9 Å². The molecular weight excluding hydrogens is 356 g/mol. The molecule has 0 aliphatic carbocycles. The Morgan fingerprint density at radius 3 is 2.39 bits per heavy atom. The molecule has 2 rings (SSSR count). The maximum atomic E-state index is 11.9. The van der Waals surface area contributed by atoms with Crippen LogP contribution in [-0.2, 0) is 10.2 Å². The molecule has 1 N–H and O–H groups in total. The number of nitrogens with one attached hydrogen (secondary N) is 1. The SMILES string of the molecule is CCOc1cc(/C=N\NC(=O)COc2ccc(C(C)(C)C)cc2)ccc1OC. The second-order valence-corrected chi connectivity index (χ2v) is 7.20. The Labute approximate surface area is 166 Å². The summed E-state index contributed by atoms with van der Waals surface area (Å²) in [5, 5.41) is 3.96. The molecule has 0 aliphatic heterocycles. The van der Waals surface area contributed by atoms with Gasteiger partial charge in [-0.2, -0.15) is 5.10 Å². The molecule has 0 bridgehead atoms. The number of nitrogens with zero attached hydrogens (tertiary/aromatic N) is 1. The second kappa shape index (κ2) is 9.78. The molecule has 0 heterocycles. The zero-order chi connectivity index (χ0) is 20.6. The number of hydrazone groups is 1. The van der Waals surface area contributed by atoms with Crippen LogP contribution in [-0.4, -0.2) is 32.4 Å². The minimum absolute atomic E-state index is 0.0775. The van der Waals surface area contributed by atoms with Gasteiger partial charge in [-0.3, -0.25) is 4.79 Å². The number of methoxy groups -OCH3 is 1. The minimum Gasteiger partial charge on any atom is -0.493 e. The van der Waals surface area contributed by atoms with Gasteiger partial charge >= 0.3 is 0 Å². The van der Waals surface area contributed by atoms with Gasteiger partial charge < -0.3 is 14.2 Å². The number of hydrogen-bond acceptors (Lipinski definition) is 5. The molecule has 0 saturated carbocycles. The number of carbonyl (C=O) groups excluding carboxylic acids is 1. The predicted molar refractivity (Wildman–Crippen MR) is 111 cm³/mol. The van der Waals surface area contributed by atoms with E-state index in [2.05, 4.69) is 31.3 Å². The lowest BCUT2D eigenvalue weighted by atomic mass is 9.87. The molecule has 6 nitrogen and oxygen atoms in total. The molecule has 28 heavy (non-hydrogen) atoms.